The van der Waals surface area contributed by atoms with Gasteiger partial charge in [0.2, 0.25) is 0 Å². The van der Waals surface area contributed by atoms with Gasteiger partial charge in [0.25, 0.3) is 0 Å². The monoisotopic (exact) mass is 215 g/mol. The van der Waals surface area contributed by atoms with Crippen molar-refractivity contribution in [3.05, 3.63) is 0 Å². The number of rotatable bonds is 6. The fourth-order valence-corrected chi connectivity index (χ4v) is 1.98. The Morgan fingerprint density at radius 1 is 1.47 bits per heavy atom. The smallest absolute Gasteiger partial charge is 0.332 e. The van der Waals surface area contributed by atoms with E-state index in [2.05, 4.69) is 11.8 Å². The summed E-state index contributed by atoms with van der Waals surface area (Å²) in [5.41, 5.74) is 0. The third-order valence-electron chi connectivity index (χ3n) is 2.74. The van der Waals surface area contributed by atoms with E-state index in [1.807, 2.05) is 0 Å². The molecule has 1 aliphatic rings. The molecule has 0 aromatic rings. The third kappa shape index (κ3) is 4.18. The van der Waals surface area contributed by atoms with Gasteiger partial charge in [-0.15, -0.1) is 0 Å². The summed E-state index contributed by atoms with van der Waals surface area (Å²) in [6.45, 7) is 7.33. The van der Waals surface area contributed by atoms with E-state index in [4.69, 9.17) is 9.47 Å². The van der Waals surface area contributed by atoms with E-state index in [1.165, 1.54) is 12.8 Å². The summed E-state index contributed by atoms with van der Waals surface area (Å²) in [5.74, 6) is -0.265. The molecule has 4 nitrogen and oxygen atoms in total. The maximum atomic E-state index is 11.0. The van der Waals surface area contributed by atoms with Crippen LogP contribution in [-0.2, 0) is 14.3 Å². The third-order valence-corrected chi connectivity index (χ3v) is 2.74. The van der Waals surface area contributed by atoms with Crippen molar-refractivity contribution in [3.63, 3.8) is 0 Å². The molecule has 4 heteroatoms. The Balaban J connectivity index is 2.11. The predicted octanol–water partition coefficient (Wildman–Crippen LogP) is 1.05. The molecule has 0 saturated carbocycles. The molecule has 0 aliphatic carbocycles. The van der Waals surface area contributed by atoms with E-state index in [9.17, 15) is 4.79 Å². The van der Waals surface area contributed by atoms with Crippen LogP contribution in [0.1, 0.15) is 26.7 Å². The summed E-state index contributed by atoms with van der Waals surface area (Å²) >= 11 is 0. The first kappa shape index (κ1) is 12.5. The van der Waals surface area contributed by atoms with Crippen LogP contribution in [0.5, 0.6) is 0 Å². The Hall–Kier alpha value is -0.610. The van der Waals surface area contributed by atoms with E-state index in [0.717, 1.165) is 13.1 Å². The molecule has 0 radical (unpaired) electrons. The van der Waals surface area contributed by atoms with Crippen LogP contribution < -0.4 is 0 Å². The van der Waals surface area contributed by atoms with Gasteiger partial charge in [0, 0.05) is 6.04 Å². The van der Waals surface area contributed by atoms with Crippen LogP contribution in [0, 0.1) is 0 Å². The lowest BCUT2D eigenvalue weighted by Crippen LogP contribution is -2.33. The topological polar surface area (TPSA) is 38.8 Å². The Morgan fingerprint density at radius 2 is 2.27 bits per heavy atom. The highest BCUT2D eigenvalue weighted by Gasteiger charge is 2.23. The van der Waals surface area contributed by atoms with Crippen molar-refractivity contribution in [1.29, 1.82) is 0 Å². The van der Waals surface area contributed by atoms with E-state index in [0.29, 0.717) is 19.3 Å². The molecule has 1 fully saturated rings. The van der Waals surface area contributed by atoms with E-state index in [1.54, 1.807) is 6.92 Å². The molecule has 0 bridgehead atoms. The zero-order chi connectivity index (χ0) is 11.1. The van der Waals surface area contributed by atoms with Gasteiger partial charge in [0.15, 0.2) is 0 Å². The van der Waals surface area contributed by atoms with Gasteiger partial charge in [-0.05, 0) is 32.9 Å². The first-order chi connectivity index (χ1) is 7.27. The number of hydrogen-bond acceptors (Lipinski definition) is 4. The number of nitrogens with zero attached hydrogens (tertiary/aromatic N) is 1. The molecule has 0 aromatic carbocycles. The minimum Gasteiger partial charge on any atom is -0.464 e. The molecule has 0 unspecified atom stereocenters. The molecular formula is C11H21NO3. The van der Waals surface area contributed by atoms with Gasteiger partial charge < -0.3 is 9.47 Å². The van der Waals surface area contributed by atoms with Gasteiger partial charge in [-0.1, -0.05) is 6.92 Å². The number of esters is 1. The quantitative estimate of drug-likeness (QED) is 0.621. The van der Waals surface area contributed by atoms with Gasteiger partial charge in [0.1, 0.15) is 6.61 Å². The van der Waals surface area contributed by atoms with Crippen LogP contribution >= 0.6 is 0 Å². The first-order valence-corrected chi connectivity index (χ1v) is 5.75. The molecule has 1 heterocycles. The number of likely N-dealkylation sites (tertiary alicyclic amines) is 1. The highest BCUT2D eigenvalue weighted by molar-refractivity contribution is 5.70. The van der Waals surface area contributed by atoms with Crippen LogP contribution in [0.25, 0.3) is 0 Å². The maximum Gasteiger partial charge on any atom is 0.332 e. The second-order valence-corrected chi connectivity index (χ2v) is 3.74. The first-order valence-electron chi connectivity index (χ1n) is 5.75. The second-order valence-electron chi connectivity index (χ2n) is 3.74. The molecule has 0 N–H and O–H groups in total. The van der Waals surface area contributed by atoms with Gasteiger partial charge in [0.05, 0.1) is 13.2 Å². The van der Waals surface area contributed by atoms with E-state index in [-0.39, 0.29) is 12.6 Å². The minimum absolute atomic E-state index is 0.0852. The molecule has 88 valence electrons. The summed E-state index contributed by atoms with van der Waals surface area (Å²) < 4.78 is 10.1. The highest BCUT2D eigenvalue weighted by Crippen LogP contribution is 2.16. The summed E-state index contributed by atoms with van der Waals surface area (Å²) in [4.78, 5) is 13.4. The van der Waals surface area contributed by atoms with Gasteiger partial charge in [-0.25, -0.2) is 4.79 Å². The fourth-order valence-electron chi connectivity index (χ4n) is 1.98. The van der Waals surface area contributed by atoms with Crippen LogP contribution in [0.2, 0.25) is 0 Å². The lowest BCUT2D eigenvalue weighted by atomic mass is 10.2. The van der Waals surface area contributed by atoms with Crippen molar-refractivity contribution in [2.75, 3.05) is 32.9 Å². The molecule has 15 heavy (non-hydrogen) atoms. The SMILES string of the molecule is CCOC(=O)COC[C@@H]1CCCN1CC. The van der Waals surface area contributed by atoms with Crippen molar-refractivity contribution in [1.82, 2.24) is 4.90 Å². The molecule has 0 spiro atoms. The largest absolute Gasteiger partial charge is 0.464 e. The minimum atomic E-state index is -0.265. The number of likely N-dealkylation sites (N-methyl/N-ethyl adjacent to an activating group) is 1. The van der Waals surface area contributed by atoms with E-state index >= 15 is 0 Å². The number of ether oxygens (including phenoxy) is 2. The molecule has 0 amide bonds. The second kappa shape index (κ2) is 6.80. The van der Waals surface area contributed by atoms with Crippen molar-refractivity contribution in [2.24, 2.45) is 0 Å². The average Bonchev–Trinajstić information content (AvgIpc) is 2.66. The number of carbonyl (C=O) groups excluding carboxylic acids is 1. The van der Waals surface area contributed by atoms with Crippen molar-refractivity contribution in [3.8, 4) is 0 Å². The normalized spacial score (nSPS) is 21.9. The van der Waals surface area contributed by atoms with Gasteiger partial charge in [-0.2, -0.15) is 0 Å². The Kier molecular flexibility index (Phi) is 5.65. The Bertz CT molecular complexity index is 196. The highest BCUT2D eigenvalue weighted by atomic mass is 16.6. The van der Waals surface area contributed by atoms with Crippen LogP contribution in [0.3, 0.4) is 0 Å². The zero-order valence-corrected chi connectivity index (χ0v) is 9.70. The van der Waals surface area contributed by atoms with Gasteiger partial charge in [-0.3, -0.25) is 4.90 Å². The molecule has 0 aromatic heterocycles. The molecule has 1 saturated heterocycles. The lowest BCUT2D eigenvalue weighted by molar-refractivity contribution is -0.148. The van der Waals surface area contributed by atoms with Crippen LogP contribution in [0.15, 0.2) is 0 Å². The lowest BCUT2D eigenvalue weighted by Gasteiger charge is -2.22. The summed E-state index contributed by atoms with van der Waals surface area (Å²) in [6, 6.07) is 0.490. The molecule has 1 atom stereocenters. The zero-order valence-electron chi connectivity index (χ0n) is 9.70. The van der Waals surface area contributed by atoms with Crippen molar-refractivity contribution in [2.45, 2.75) is 32.7 Å². The summed E-state index contributed by atoms with van der Waals surface area (Å²) in [5, 5.41) is 0. The molecular weight excluding hydrogens is 194 g/mol. The Labute approximate surface area is 91.5 Å². The molecule has 1 rings (SSSR count). The average molecular weight is 215 g/mol. The van der Waals surface area contributed by atoms with Crippen molar-refractivity contribution < 1.29 is 14.3 Å². The Morgan fingerprint density at radius 3 is 2.93 bits per heavy atom. The number of hydrogen-bond donors (Lipinski definition) is 0. The molecule has 1 aliphatic heterocycles. The maximum absolute atomic E-state index is 11.0. The number of carbonyl (C=O) groups is 1. The standard InChI is InChI=1S/C11H21NO3/c1-3-12-7-5-6-10(12)8-14-9-11(13)15-4-2/h10H,3-9H2,1-2H3/t10-/m0/s1. The van der Waals surface area contributed by atoms with Crippen LogP contribution in [-0.4, -0.2) is 49.8 Å². The predicted molar refractivity (Wildman–Crippen MR) is 57.7 cm³/mol. The van der Waals surface area contributed by atoms with Crippen molar-refractivity contribution >= 4 is 5.97 Å². The van der Waals surface area contributed by atoms with E-state index < -0.39 is 0 Å². The van der Waals surface area contributed by atoms with Gasteiger partial charge >= 0.3 is 5.97 Å². The summed E-state index contributed by atoms with van der Waals surface area (Å²) in [6.07, 6.45) is 2.41. The van der Waals surface area contributed by atoms with Crippen LogP contribution in [0.4, 0.5) is 0 Å². The summed E-state index contributed by atoms with van der Waals surface area (Å²) in [7, 11) is 0. The fraction of sp³-hybridized carbons (Fsp3) is 0.909.